The molecule has 0 spiro atoms. The third kappa shape index (κ3) is 4.74. The number of hydrogen-bond donors (Lipinski definition) is 3. The number of ether oxygens (including phenoxy) is 1. The van der Waals surface area contributed by atoms with Gasteiger partial charge in [-0.1, -0.05) is 36.4 Å². The molecule has 0 radical (unpaired) electrons. The summed E-state index contributed by atoms with van der Waals surface area (Å²) in [6, 6.07) is 15.1. The van der Waals surface area contributed by atoms with Crippen LogP contribution in [0.4, 0.5) is 4.79 Å². The lowest BCUT2D eigenvalue weighted by atomic mass is 10.1. The monoisotopic (exact) mass is 327 g/mol. The molecule has 0 saturated heterocycles. The number of carbonyl (C=O) groups excluding carboxylic acids is 2. The van der Waals surface area contributed by atoms with Crippen molar-refractivity contribution in [2.24, 2.45) is 5.73 Å². The molecular weight excluding hydrogens is 306 g/mol. The second kappa shape index (κ2) is 8.01. The summed E-state index contributed by atoms with van der Waals surface area (Å²) in [5.74, 6) is 1.05. The molecule has 24 heavy (non-hydrogen) atoms. The van der Waals surface area contributed by atoms with Crippen LogP contribution in [0.1, 0.15) is 25.5 Å². The fourth-order valence-corrected chi connectivity index (χ4v) is 2.24. The summed E-state index contributed by atoms with van der Waals surface area (Å²) in [5, 5.41) is 5.19. The Labute approximate surface area is 141 Å². The van der Waals surface area contributed by atoms with Crippen LogP contribution in [0.2, 0.25) is 0 Å². The summed E-state index contributed by atoms with van der Waals surface area (Å²) in [6.45, 7) is 3.42. The topological polar surface area (TPSA) is 93.5 Å². The van der Waals surface area contributed by atoms with E-state index >= 15 is 0 Å². The van der Waals surface area contributed by atoms with Crippen molar-refractivity contribution in [3.05, 3.63) is 60.2 Å². The van der Waals surface area contributed by atoms with Crippen LogP contribution in [0.5, 0.6) is 11.5 Å². The fourth-order valence-electron chi connectivity index (χ4n) is 2.24. The largest absolute Gasteiger partial charge is 0.457 e. The lowest BCUT2D eigenvalue weighted by molar-refractivity contribution is -0.123. The molecular formula is C18H21N3O3. The van der Waals surface area contributed by atoms with Crippen molar-refractivity contribution in [1.29, 1.82) is 0 Å². The zero-order chi connectivity index (χ0) is 17.5. The van der Waals surface area contributed by atoms with Crippen LogP contribution in [-0.2, 0) is 4.79 Å². The Bertz CT molecular complexity index is 704. The molecule has 0 bridgehead atoms. The van der Waals surface area contributed by atoms with Gasteiger partial charge in [0.25, 0.3) is 0 Å². The molecule has 0 fully saturated rings. The number of nitrogens with two attached hydrogens (primary N) is 1. The Morgan fingerprint density at radius 1 is 0.958 bits per heavy atom. The molecule has 3 amide bonds. The lowest BCUT2D eigenvalue weighted by Crippen LogP contribution is -2.47. The van der Waals surface area contributed by atoms with Gasteiger partial charge >= 0.3 is 6.03 Å². The third-order valence-corrected chi connectivity index (χ3v) is 3.47. The summed E-state index contributed by atoms with van der Waals surface area (Å²) < 4.78 is 5.90. The first-order chi connectivity index (χ1) is 11.5. The van der Waals surface area contributed by atoms with Crippen molar-refractivity contribution in [3.8, 4) is 11.5 Å². The minimum atomic E-state index is -0.738. The number of hydrogen-bond acceptors (Lipinski definition) is 3. The molecule has 0 unspecified atom stereocenters. The van der Waals surface area contributed by atoms with Gasteiger partial charge in [-0.05, 0) is 32.0 Å². The second-order valence-electron chi connectivity index (χ2n) is 5.41. The molecule has 0 aromatic heterocycles. The predicted octanol–water partition coefficient (Wildman–Crippen LogP) is 2.71. The quantitative estimate of drug-likeness (QED) is 0.761. The van der Waals surface area contributed by atoms with E-state index in [0.717, 1.165) is 5.56 Å². The van der Waals surface area contributed by atoms with Crippen molar-refractivity contribution in [3.63, 3.8) is 0 Å². The average Bonchev–Trinajstić information content (AvgIpc) is 2.55. The number of primary amides is 1. The number of amides is 3. The van der Waals surface area contributed by atoms with Gasteiger partial charge in [0.15, 0.2) is 0 Å². The van der Waals surface area contributed by atoms with Gasteiger partial charge in [0.05, 0.1) is 6.04 Å². The van der Waals surface area contributed by atoms with Crippen LogP contribution in [0, 0.1) is 0 Å². The minimum absolute atomic E-state index is 0.297. The van der Waals surface area contributed by atoms with Crippen LogP contribution >= 0.6 is 0 Å². The van der Waals surface area contributed by atoms with Crippen molar-refractivity contribution < 1.29 is 14.3 Å². The fraction of sp³-hybridized carbons (Fsp3) is 0.222. The summed E-state index contributed by atoms with van der Waals surface area (Å²) in [6.07, 6.45) is 0. The van der Waals surface area contributed by atoms with E-state index in [4.69, 9.17) is 10.5 Å². The van der Waals surface area contributed by atoms with Crippen LogP contribution in [0.3, 0.4) is 0 Å². The molecule has 2 atom stereocenters. The van der Waals surface area contributed by atoms with Crippen molar-refractivity contribution >= 4 is 11.9 Å². The number of carbonyl (C=O) groups is 2. The zero-order valence-electron chi connectivity index (χ0n) is 13.7. The Balaban J connectivity index is 2.11. The summed E-state index contributed by atoms with van der Waals surface area (Å²) in [7, 11) is 0. The highest BCUT2D eigenvalue weighted by Crippen LogP contribution is 2.29. The van der Waals surface area contributed by atoms with Gasteiger partial charge in [-0.3, -0.25) is 4.79 Å². The molecule has 0 aliphatic carbocycles. The predicted molar refractivity (Wildman–Crippen MR) is 91.7 cm³/mol. The van der Waals surface area contributed by atoms with Gasteiger partial charge in [0.1, 0.15) is 17.5 Å². The Kier molecular flexibility index (Phi) is 5.78. The number of urea groups is 1. The molecule has 2 rings (SSSR count). The Morgan fingerprint density at radius 2 is 1.58 bits per heavy atom. The number of nitrogens with one attached hydrogen (secondary N) is 2. The minimum Gasteiger partial charge on any atom is -0.457 e. The first-order valence-corrected chi connectivity index (χ1v) is 7.65. The molecule has 0 aliphatic heterocycles. The molecule has 6 nitrogen and oxygen atoms in total. The highest BCUT2D eigenvalue weighted by molar-refractivity contribution is 5.86. The van der Waals surface area contributed by atoms with Crippen LogP contribution in [0.25, 0.3) is 0 Å². The molecule has 2 aromatic carbocycles. The van der Waals surface area contributed by atoms with Gasteiger partial charge in [0, 0.05) is 5.56 Å². The van der Waals surface area contributed by atoms with Gasteiger partial charge in [0.2, 0.25) is 5.91 Å². The van der Waals surface area contributed by atoms with E-state index in [1.54, 1.807) is 6.92 Å². The first-order valence-electron chi connectivity index (χ1n) is 7.65. The van der Waals surface area contributed by atoms with E-state index in [2.05, 4.69) is 10.6 Å². The summed E-state index contributed by atoms with van der Waals surface area (Å²) in [5.41, 5.74) is 5.87. The van der Waals surface area contributed by atoms with Crippen LogP contribution in [-0.4, -0.2) is 18.0 Å². The maximum absolute atomic E-state index is 12.1. The van der Waals surface area contributed by atoms with Gasteiger partial charge in [-0.15, -0.1) is 0 Å². The molecule has 0 saturated carbocycles. The van der Waals surface area contributed by atoms with E-state index in [0.29, 0.717) is 11.5 Å². The molecule has 0 aliphatic rings. The molecule has 126 valence electrons. The van der Waals surface area contributed by atoms with Crippen LogP contribution < -0.4 is 21.1 Å². The number of para-hydroxylation sites is 2. The standard InChI is InChI=1S/C18H21N3O3/c1-12(20-17(22)13(2)21-18(19)23)15-10-6-7-11-16(15)24-14-8-4-3-5-9-14/h3-13H,1-2H3,(H,20,22)(H3,19,21,23)/t12-,13+/m0/s1. The first kappa shape index (κ1) is 17.3. The Morgan fingerprint density at radius 3 is 2.25 bits per heavy atom. The third-order valence-electron chi connectivity index (χ3n) is 3.47. The molecule has 4 N–H and O–H groups in total. The van der Waals surface area contributed by atoms with E-state index in [-0.39, 0.29) is 11.9 Å². The van der Waals surface area contributed by atoms with E-state index in [1.807, 2.05) is 61.5 Å². The van der Waals surface area contributed by atoms with Gasteiger partial charge in [-0.2, -0.15) is 0 Å². The Hall–Kier alpha value is -3.02. The summed E-state index contributed by atoms with van der Waals surface area (Å²) in [4.78, 5) is 22.9. The van der Waals surface area contributed by atoms with Crippen molar-refractivity contribution in [1.82, 2.24) is 10.6 Å². The molecule has 6 heteroatoms. The van der Waals surface area contributed by atoms with Crippen molar-refractivity contribution in [2.75, 3.05) is 0 Å². The van der Waals surface area contributed by atoms with Crippen LogP contribution in [0.15, 0.2) is 54.6 Å². The van der Waals surface area contributed by atoms with E-state index in [1.165, 1.54) is 0 Å². The van der Waals surface area contributed by atoms with E-state index < -0.39 is 12.1 Å². The average molecular weight is 327 g/mol. The normalized spacial score (nSPS) is 12.8. The van der Waals surface area contributed by atoms with E-state index in [9.17, 15) is 9.59 Å². The maximum atomic E-state index is 12.1. The van der Waals surface area contributed by atoms with Crippen molar-refractivity contribution in [2.45, 2.75) is 25.9 Å². The molecule has 0 heterocycles. The summed E-state index contributed by atoms with van der Waals surface area (Å²) >= 11 is 0. The van der Waals surface area contributed by atoms with Gasteiger partial charge in [-0.25, -0.2) is 4.79 Å². The highest BCUT2D eigenvalue weighted by atomic mass is 16.5. The second-order valence-corrected chi connectivity index (χ2v) is 5.41. The SMILES string of the molecule is C[C@H](NC(=O)[C@@H](C)NC(N)=O)c1ccccc1Oc1ccccc1. The smallest absolute Gasteiger partial charge is 0.312 e. The molecule has 2 aromatic rings. The number of benzene rings is 2. The highest BCUT2D eigenvalue weighted by Gasteiger charge is 2.19. The number of rotatable bonds is 6. The van der Waals surface area contributed by atoms with Gasteiger partial charge < -0.3 is 21.1 Å². The zero-order valence-corrected chi connectivity index (χ0v) is 13.7. The lowest BCUT2D eigenvalue weighted by Gasteiger charge is -2.20. The maximum Gasteiger partial charge on any atom is 0.312 e.